The summed E-state index contributed by atoms with van der Waals surface area (Å²) in [5.41, 5.74) is 1.91. The van der Waals surface area contributed by atoms with Crippen molar-refractivity contribution in [3.05, 3.63) is 53.4 Å². The normalized spacial score (nSPS) is 13.8. The number of carbonyl (C=O) groups excluding carboxylic acids is 3. The SMILES string of the molecule is COc1ccc2c(c1)c(C=C1Oc3cc(OC(=O)CC(C)C)cc(OC(=O)CC(C)C)c3C1=O)cn2CCCN(C)C. The molecular formula is C33H40N2O7. The lowest BCUT2D eigenvalue weighted by Gasteiger charge is -2.12. The van der Waals surface area contributed by atoms with Crippen LogP contribution >= 0.6 is 0 Å². The van der Waals surface area contributed by atoms with Crippen molar-refractivity contribution < 1.29 is 33.3 Å². The summed E-state index contributed by atoms with van der Waals surface area (Å²) in [6.45, 7) is 9.35. The Morgan fingerprint density at radius 1 is 0.976 bits per heavy atom. The number of carbonyl (C=O) groups is 3. The Balaban J connectivity index is 1.73. The van der Waals surface area contributed by atoms with Gasteiger partial charge in [0.05, 0.1) is 7.11 Å². The fraction of sp³-hybridized carbons (Fsp3) is 0.424. The van der Waals surface area contributed by atoms with Crippen molar-refractivity contribution in [1.29, 1.82) is 0 Å². The van der Waals surface area contributed by atoms with Crippen LogP contribution in [0.4, 0.5) is 0 Å². The Morgan fingerprint density at radius 3 is 2.31 bits per heavy atom. The molecule has 2 aromatic carbocycles. The molecule has 9 heteroatoms. The molecule has 0 atom stereocenters. The number of ketones is 1. The van der Waals surface area contributed by atoms with Gasteiger partial charge in [0.1, 0.15) is 28.6 Å². The van der Waals surface area contributed by atoms with Gasteiger partial charge in [-0.05, 0) is 63.2 Å². The van der Waals surface area contributed by atoms with Crippen LogP contribution in [0.1, 0.15) is 62.9 Å². The number of ether oxygens (including phenoxy) is 4. The van der Waals surface area contributed by atoms with Crippen LogP contribution in [-0.4, -0.2) is 54.9 Å². The first-order chi connectivity index (χ1) is 19.9. The molecule has 2 heterocycles. The number of rotatable bonds is 12. The van der Waals surface area contributed by atoms with Gasteiger partial charge in [-0.3, -0.25) is 14.4 Å². The summed E-state index contributed by atoms with van der Waals surface area (Å²) in [5, 5.41) is 0.908. The molecule has 0 fully saturated rings. The molecule has 3 aromatic rings. The number of hydrogen-bond acceptors (Lipinski definition) is 8. The van der Waals surface area contributed by atoms with Crippen molar-refractivity contribution in [3.8, 4) is 23.0 Å². The van der Waals surface area contributed by atoms with Crippen LogP contribution in [0.25, 0.3) is 17.0 Å². The predicted molar refractivity (Wildman–Crippen MR) is 161 cm³/mol. The van der Waals surface area contributed by atoms with Gasteiger partial charge in [0.25, 0.3) is 0 Å². The van der Waals surface area contributed by atoms with Crippen LogP contribution in [-0.2, 0) is 16.1 Å². The summed E-state index contributed by atoms with van der Waals surface area (Å²) in [6, 6.07) is 8.74. The summed E-state index contributed by atoms with van der Waals surface area (Å²) < 4.78 is 24.8. The highest BCUT2D eigenvalue weighted by Crippen LogP contribution is 2.42. The number of aromatic nitrogens is 1. The Hall–Kier alpha value is -4.11. The quantitative estimate of drug-likeness (QED) is 0.145. The smallest absolute Gasteiger partial charge is 0.311 e. The van der Waals surface area contributed by atoms with Gasteiger partial charge in [-0.15, -0.1) is 0 Å². The van der Waals surface area contributed by atoms with Gasteiger partial charge in [-0.1, -0.05) is 27.7 Å². The molecule has 1 aliphatic rings. The minimum atomic E-state index is -0.490. The van der Waals surface area contributed by atoms with Crippen molar-refractivity contribution in [2.45, 2.75) is 53.5 Å². The largest absolute Gasteiger partial charge is 0.497 e. The number of nitrogens with zero attached hydrogens (tertiary/aromatic N) is 2. The Labute approximate surface area is 247 Å². The zero-order valence-electron chi connectivity index (χ0n) is 25.5. The zero-order chi connectivity index (χ0) is 30.6. The fourth-order valence-corrected chi connectivity index (χ4v) is 4.83. The average Bonchev–Trinajstić information content (AvgIpc) is 3.39. The second kappa shape index (κ2) is 13.2. The Kier molecular flexibility index (Phi) is 9.73. The number of aryl methyl sites for hydroxylation is 1. The molecule has 1 aliphatic heterocycles. The van der Waals surface area contributed by atoms with E-state index in [-0.39, 0.29) is 53.2 Å². The molecule has 42 heavy (non-hydrogen) atoms. The first-order valence-corrected chi connectivity index (χ1v) is 14.3. The van der Waals surface area contributed by atoms with E-state index in [0.717, 1.165) is 36.0 Å². The third kappa shape index (κ3) is 7.39. The van der Waals surface area contributed by atoms with Crippen LogP contribution in [0.5, 0.6) is 23.0 Å². The Morgan fingerprint density at radius 2 is 1.67 bits per heavy atom. The van der Waals surface area contributed by atoms with Crippen LogP contribution in [0.3, 0.4) is 0 Å². The van der Waals surface area contributed by atoms with E-state index in [1.165, 1.54) is 12.1 Å². The van der Waals surface area contributed by atoms with Gasteiger partial charge in [-0.25, -0.2) is 0 Å². The highest BCUT2D eigenvalue weighted by atomic mass is 16.6. The van der Waals surface area contributed by atoms with Gasteiger partial charge in [0, 0.05) is 54.2 Å². The molecule has 0 aliphatic carbocycles. The lowest BCUT2D eigenvalue weighted by molar-refractivity contribution is -0.135. The number of Topliss-reactive ketones (excluding diaryl/α,β-unsaturated/α-hetero) is 1. The second-order valence-electron chi connectivity index (χ2n) is 11.7. The van der Waals surface area contributed by atoms with Crippen molar-refractivity contribution >= 4 is 34.7 Å². The zero-order valence-corrected chi connectivity index (χ0v) is 25.5. The summed E-state index contributed by atoms with van der Waals surface area (Å²) in [7, 11) is 5.70. The number of fused-ring (bicyclic) bond motifs is 2. The maximum Gasteiger partial charge on any atom is 0.311 e. The second-order valence-corrected chi connectivity index (χ2v) is 11.7. The molecule has 0 radical (unpaired) electrons. The van der Waals surface area contributed by atoms with E-state index in [9.17, 15) is 14.4 Å². The van der Waals surface area contributed by atoms with E-state index in [0.29, 0.717) is 5.75 Å². The van der Waals surface area contributed by atoms with Crippen molar-refractivity contribution in [2.75, 3.05) is 27.7 Å². The lowest BCUT2D eigenvalue weighted by Crippen LogP contribution is -2.14. The molecule has 0 saturated heterocycles. The standard InChI is InChI=1S/C33H40N2O7/c1-20(2)13-30(36)40-24-17-27-32(28(18-24)42-31(37)14-21(3)4)33(38)29(41-27)15-22-19-35(12-8-11-34(5)6)26-10-9-23(39-7)16-25(22)26/h9-10,15-21H,8,11-14H2,1-7H3. The highest BCUT2D eigenvalue weighted by Gasteiger charge is 2.34. The number of esters is 2. The van der Waals surface area contributed by atoms with Crippen LogP contribution in [0.2, 0.25) is 0 Å². The third-order valence-corrected chi connectivity index (χ3v) is 6.73. The van der Waals surface area contributed by atoms with E-state index in [1.54, 1.807) is 13.2 Å². The monoisotopic (exact) mass is 576 g/mol. The highest BCUT2D eigenvalue weighted by molar-refractivity contribution is 6.17. The number of benzene rings is 2. The van der Waals surface area contributed by atoms with Gasteiger partial charge in [-0.2, -0.15) is 0 Å². The van der Waals surface area contributed by atoms with Crippen LogP contribution in [0, 0.1) is 11.8 Å². The number of hydrogen-bond donors (Lipinski definition) is 0. The summed E-state index contributed by atoms with van der Waals surface area (Å²) in [5.74, 6) is -0.0894. The molecule has 0 amide bonds. The molecular weight excluding hydrogens is 536 g/mol. The minimum absolute atomic E-state index is 0.00619. The van der Waals surface area contributed by atoms with E-state index in [2.05, 4.69) is 9.47 Å². The predicted octanol–water partition coefficient (Wildman–Crippen LogP) is 6.12. The molecule has 4 rings (SSSR count). The summed E-state index contributed by atoms with van der Waals surface area (Å²) in [4.78, 5) is 40.8. The van der Waals surface area contributed by atoms with Crippen molar-refractivity contribution in [1.82, 2.24) is 9.47 Å². The molecule has 0 N–H and O–H groups in total. The molecule has 0 saturated carbocycles. The van der Waals surface area contributed by atoms with Crippen LogP contribution in [0.15, 0.2) is 42.3 Å². The van der Waals surface area contributed by atoms with E-state index in [4.69, 9.17) is 18.9 Å². The average molecular weight is 577 g/mol. The van der Waals surface area contributed by atoms with Gasteiger partial charge in [0.2, 0.25) is 5.78 Å². The third-order valence-electron chi connectivity index (χ3n) is 6.73. The van der Waals surface area contributed by atoms with Crippen LogP contribution < -0.4 is 18.9 Å². The first-order valence-electron chi connectivity index (χ1n) is 14.3. The number of methoxy groups -OCH3 is 1. The van der Waals surface area contributed by atoms with Gasteiger partial charge in [0.15, 0.2) is 5.76 Å². The molecule has 9 nitrogen and oxygen atoms in total. The lowest BCUT2D eigenvalue weighted by atomic mass is 10.1. The minimum Gasteiger partial charge on any atom is -0.497 e. The first kappa shape index (κ1) is 30.8. The van der Waals surface area contributed by atoms with E-state index >= 15 is 0 Å². The fourth-order valence-electron chi connectivity index (χ4n) is 4.83. The molecule has 0 spiro atoms. The van der Waals surface area contributed by atoms with Crippen molar-refractivity contribution in [2.24, 2.45) is 11.8 Å². The maximum absolute atomic E-state index is 13.7. The van der Waals surface area contributed by atoms with E-state index in [1.807, 2.05) is 66.2 Å². The molecule has 1 aromatic heterocycles. The molecule has 224 valence electrons. The molecule has 0 unspecified atom stereocenters. The van der Waals surface area contributed by atoms with Crippen molar-refractivity contribution in [3.63, 3.8) is 0 Å². The Bertz CT molecular complexity index is 1510. The molecule has 0 bridgehead atoms. The van der Waals surface area contributed by atoms with Gasteiger partial charge >= 0.3 is 11.9 Å². The summed E-state index contributed by atoms with van der Waals surface area (Å²) >= 11 is 0. The number of allylic oxidation sites excluding steroid dienone is 1. The summed E-state index contributed by atoms with van der Waals surface area (Å²) in [6.07, 6.45) is 5.01. The van der Waals surface area contributed by atoms with E-state index < -0.39 is 17.7 Å². The maximum atomic E-state index is 13.7. The van der Waals surface area contributed by atoms with Gasteiger partial charge < -0.3 is 28.4 Å². The topological polar surface area (TPSA) is 96.3 Å².